The molecule has 114 valence electrons. The van der Waals surface area contributed by atoms with E-state index in [4.69, 9.17) is 4.74 Å². The van der Waals surface area contributed by atoms with E-state index in [1.165, 1.54) is 11.8 Å². The number of allylic oxidation sites excluding steroid dienone is 1. The Morgan fingerprint density at radius 2 is 2.05 bits per heavy atom. The Bertz CT molecular complexity index is 558. The smallest absolute Gasteiger partial charge is 0.338 e. The number of halogens is 1. The Kier molecular flexibility index (Phi) is 7.24. The number of rotatable bonds is 3. The zero-order valence-electron chi connectivity index (χ0n) is 12.3. The molecular formula is C15H19IN2O2S. The Labute approximate surface area is 146 Å². The number of nitrogens with one attached hydrogen (secondary N) is 1. The zero-order chi connectivity index (χ0) is 14.5. The molecule has 1 heterocycles. The Balaban J connectivity index is 0.00000220. The van der Waals surface area contributed by atoms with E-state index in [1.54, 1.807) is 6.92 Å². The lowest BCUT2D eigenvalue weighted by Crippen LogP contribution is -2.30. The van der Waals surface area contributed by atoms with Gasteiger partial charge in [0, 0.05) is 5.70 Å². The maximum Gasteiger partial charge on any atom is 0.338 e. The SMILES string of the molecule is CCOC(=O)C1=C(C)NC(SC)=NC1c1ccccc1.I. The maximum absolute atomic E-state index is 12.2. The molecule has 0 bridgehead atoms. The molecule has 0 fully saturated rings. The second-order valence-electron chi connectivity index (χ2n) is 4.34. The third-order valence-electron chi connectivity index (χ3n) is 3.02. The fourth-order valence-electron chi connectivity index (χ4n) is 2.10. The molecule has 1 atom stereocenters. The van der Waals surface area contributed by atoms with Gasteiger partial charge in [-0.2, -0.15) is 0 Å². The highest BCUT2D eigenvalue weighted by Crippen LogP contribution is 2.32. The van der Waals surface area contributed by atoms with Crippen LogP contribution in [0.1, 0.15) is 25.5 Å². The largest absolute Gasteiger partial charge is 0.463 e. The maximum atomic E-state index is 12.2. The summed E-state index contributed by atoms with van der Waals surface area (Å²) >= 11 is 1.53. The predicted octanol–water partition coefficient (Wildman–Crippen LogP) is 3.51. The Morgan fingerprint density at radius 3 is 2.62 bits per heavy atom. The van der Waals surface area contributed by atoms with E-state index in [2.05, 4.69) is 10.3 Å². The molecule has 1 aliphatic heterocycles. The summed E-state index contributed by atoms with van der Waals surface area (Å²) in [6.45, 7) is 4.04. The number of hydrogen-bond acceptors (Lipinski definition) is 5. The minimum Gasteiger partial charge on any atom is -0.463 e. The van der Waals surface area contributed by atoms with Gasteiger partial charge in [0.1, 0.15) is 6.04 Å². The van der Waals surface area contributed by atoms with E-state index in [9.17, 15) is 4.79 Å². The molecule has 0 aliphatic carbocycles. The number of amidine groups is 1. The number of ether oxygens (including phenoxy) is 1. The monoisotopic (exact) mass is 418 g/mol. The average Bonchev–Trinajstić information content (AvgIpc) is 2.47. The quantitative estimate of drug-likeness (QED) is 0.603. The first-order valence-corrected chi connectivity index (χ1v) is 7.71. The van der Waals surface area contributed by atoms with Gasteiger partial charge in [-0.15, -0.1) is 24.0 Å². The first kappa shape index (κ1) is 18.0. The average molecular weight is 418 g/mol. The topological polar surface area (TPSA) is 50.7 Å². The number of nitrogens with zero attached hydrogens (tertiary/aromatic N) is 1. The van der Waals surface area contributed by atoms with Crippen molar-refractivity contribution in [2.24, 2.45) is 4.99 Å². The molecule has 2 rings (SSSR count). The van der Waals surface area contributed by atoms with Crippen LogP contribution in [0.2, 0.25) is 0 Å². The minimum atomic E-state index is -0.310. The van der Waals surface area contributed by atoms with Crippen molar-refractivity contribution in [2.75, 3.05) is 12.9 Å². The molecular weight excluding hydrogens is 399 g/mol. The van der Waals surface area contributed by atoms with Crippen LogP contribution in [-0.2, 0) is 9.53 Å². The van der Waals surface area contributed by atoms with Gasteiger partial charge in [0.05, 0.1) is 12.2 Å². The number of thioether (sulfide) groups is 1. The summed E-state index contributed by atoms with van der Waals surface area (Å²) in [6.07, 6.45) is 1.95. The van der Waals surface area contributed by atoms with Crippen LogP contribution in [0, 0.1) is 0 Å². The minimum absolute atomic E-state index is 0. The molecule has 21 heavy (non-hydrogen) atoms. The van der Waals surface area contributed by atoms with Crippen molar-refractivity contribution in [3.05, 3.63) is 47.2 Å². The van der Waals surface area contributed by atoms with Gasteiger partial charge in [0.25, 0.3) is 0 Å². The zero-order valence-corrected chi connectivity index (χ0v) is 15.4. The van der Waals surface area contributed by atoms with Gasteiger partial charge in [0.15, 0.2) is 5.17 Å². The van der Waals surface area contributed by atoms with Gasteiger partial charge >= 0.3 is 5.97 Å². The van der Waals surface area contributed by atoms with Crippen molar-refractivity contribution in [1.29, 1.82) is 0 Å². The molecule has 0 amide bonds. The van der Waals surface area contributed by atoms with Gasteiger partial charge < -0.3 is 10.1 Å². The fourth-order valence-corrected chi connectivity index (χ4v) is 2.57. The molecule has 0 spiro atoms. The second kappa shape index (κ2) is 8.43. The summed E-state index contributed by atoms with van der Waals surface area (Å²) in [4.78, 5) is 16.8. The number of esters is 1. The van der Waals surface area contributed by atoms with E-state index in [1.807, 2.05) is 43.5 Å². The molecule has 0 aromatic heterocycles. The van der Waals surface area contributed by atoms with E-state index < -0.39 is 0 Å². The van der Waals surface area contributed by atoms with Crippen LogP contribution >= 0.6 is 35.7 Å². The summed E-state index contributed by atoms with van der Waals surface area (Å²) in [5, 5.41) is 3.96. The van der Waals surface area contributed by atoms with Crippen LogP contribution in [0.5, 0.6) is 0 Å². The van der Waals surface area contributed by atoms with Gasteiger partial charge in [-0.05, 0) is 25.7 Å². The van der Waals surface area contributed by atoms with Gasteiger partial charge in [-0.3, -0.25) is 0 Å². The molecule has 1 aromatic carbocycles. The lowest BCUT2D eigenvalue weighted by atomic mass is 9.97. The summed E-state index contributed by atoms with van der Waals surface area (Å²) in [5.74, 6) is -0.310. The molecule has 0 radical (unpaired) electrons. The second-order valence-corrected chi connectivity index (χ2v) is 5.13. The van der Waals surface area contributed by atoms with Gasteiger partial charge in [-0.1, -0.05) is 42.1 Å². The van der Waals surface area contributed by atoms with Crippen LogP contribution in [0.15, 0.2) is 46.6 Å². The van der Waals surface area contributed by atoms with Crippen molar-refractivity contribution in [2.45, 2.75) is 19.9 Å². The van der Waals surface area contributed by atoms with Crippen molar-refractivity contribution < 1.29 is 9.53 Å². The normalized spacial score (nSPS) is 17.5. The van der Waals surface area contributed by atoms with Crippen molar-refractivity contribution >= 4 is 46.9 Å². The molecule has 1 N–H and O–H groups in total. The number of hydrogen-bond donors (Lipinski definition) is 1. The van der Waals surface area contributed by atoms with Gasteiger partial charge in [0.2, 0.25) is 0 Å². The lowest BCUT2D eigenvalue weighted by Gasteiger charge is -2.25. The summed E-state index contributed by atoms with van der Waals surface area (Å²) < 4.78 is 5.16. The summed E-state index contributed by atoms with van der Waals surface area (Å²) in [7, 11) is 0. The van der Waals surface area contributed by atoms with E-state index in [0.717, 1.165) is 16.4 Å². The van der Waals surface area contributed by atoms with E-state index in [0.29, 0.717) is 12.2 Å². The van der Waals surface area contributed by atoms with Crippen molar-refractivity contribution in [3.8, 4) is 0 Å². The fraction of sp³-hybridized carbons (Fsp3) is 0.333. The van der Waals surface area contributed by atoms with Gasteiger partial charge in [-0.25, -0.2) is 9.79 Å². The highest BCUT2D eigenvalue weighted by molar-refractivity contribution is 14.0. The predicted molar refractivity (Wildman–Crippen MR) is 98.0 cm³/mol. The molecule has 1 unspecified atom stereocenters. The number of carbonyl (C=O) groups is 1. The molecule has 0 saturated heterocycles. The standard InChI is InChI=1S/C15H18N2O2S.HI/c1-4-19-14(18)12-10(2)16-15(20-3)17-13(12)11-8-6-5-7-9-11;/h5-9,13H,4H2,1-3H3,(H,16,17);1H. The van der Waals surface area contributed by atoms with Crippen molar-refractivity contribution in [1.82, 2.24) is 5.32 Å². The molecule has 1 aliphatic rings. The first-order chi connectivity index (χ1) is 9.67. The van der Waals surface area contributed by atoms with Crippen LogP contribution in [0.3, 0.4) is 0 Å². The lowest BCUT2D eigenvalue weighted by molar-refractivity contribution is -0.138. The molecule has 6 heteroatoms. The van der Waals surface area contributed by atoms with Crippen molar-refractivity contribution in [3.63, 3.8) is 0 Å². The first-order valence-electron chi connectivity index (χ1n) is 6.49. The van der Waals surface area contributed by atoms with Crippen LogP contribution < -0.4 is 5.32 Å². The van der Waals surface area contributed by atoms with Crippen LogP contribution in [-0.4, -0.2) is 24.0 Å². The number of benzene rings is 1. The van der Waals surface area contributed by atoms with E-state index in [-0.39, 0.29) is 36.0 Å². The third-order valence-corrected chi connectivity index (χ3v) is 3.62. The Hall–Kier alpha value is -1.02. The van der Waals surface area contributed by atoms with Crippen LogP contribution in [0.25, 0.3) is 0 Å². The molecule has 4 nitrogen and oxygen atoms in total. The Morgan fingerprint density at radius 1 is 1.38 bits per heavy atom. The summed E-state index contributed by atoms with van der Waals surface area (Å²) in [5.41, 5.74) is 2.37. The van der Waals surface area contributed by atoms with Crippen LogP contribution in [0.4, 0.5) is 0 Å². The molecule has 0 saturated carbocycles. The number of aliphatic imine (C=N–C) groups is 1. The molecule has 1 aromatic rings. The summed E-state index contributed by atoms with van der Waals surface area (Å²) in [6, 6.07) is 9.49. The highest BCUT2D eigenvalue weighted by Gasteiger charge is 2.29. The highest BCUT2D eigenvalue weighted by atomic mass is 127. The third kappa shape index (κ3) is 4.23. The van der Waals surface area contributed by atoms with E-state index >= 15 is 0 Å². The number of carbonyl (C=O) groups excluding carboxylic acids is 1.